The van der Waals surface area contributed by atoms with Crippen LogP contribution in [-0.4, -0.2) is 51.4 Å². The van der Waals surface area contributed by atoms with Crippen LogP contribution in [0.4, 0.5) is 0 Å². The molecule has 2 aromatic rings. The van der Waals surface area contributed by atoms with Crippen LogP contribution in [0, 0.1) is 6.92 Å². The number of nitrogens with one attached hydrogen (secondary N) is 2. The zero-order valence-corrected chi connectivity index (χ0v) is 17.8. The fraction of sp³-hybridized carbons (Fsp3) is 0.524. The summed E-state index contributed by atoms with van der Waals surface area (Å²) in [5, 5.41) is 10.2. The minimum atomic E-state index is 0.0359. The number of aliphatic imine (C=N–C) groups is 1. The summed E-state index contributed by atoms with van der Waals surface area (Å²) in [6, 6.07) is 8.42. The van der Waals surface area contributed by atoms with Crippen molar-refractivity contribution in [3.8, 4) is 5.75 Å². The Balaban J connectivity index is 1.60. The van der Waals surface area contributed by atoms with Crippen molar-refractivity contribution in [2.45, 2.75) is 31.6 Å². The predicted octanol–water partition coefficient (Wildman–Crippen LogP) is 2.92. The van der Waals surface area contributed by atoms with Gasteiger partial charge in [0.2, 0.25) is 0 Å². The highest BCUT2D eigenvalue weighted by Gasteiger charge is 2.34. The maximum absolute atomic E-state index is 5.64. The second kappa shape index (κ2) is 9.89. The molecule has 0 atom stereocenters. The van der Waals surface area contributed by atoms with E-state index in [2.05, 4.69) is 38.1 Å². The lowest BCUT2D eigenvalue weighted by molar-refractivity contribution is 0.0513. The van der Waals surface area contributed by atoms with Gasteiger partial charge in [0.05, 0.1) is 17.8 Å². The van der Waals surface area contributed by atoms with Crippen molar-refractivity contribution in [2.75, 3.05) is 40.5 Å². The van der Waals surface area contributed by atoms with Crippen molar-refractivity contribution in [3.05, 3.63) is 45.9 Å². The van der Waals surface area contributed by atoms with Crippen LogP contribution in [0.25, 0.3) is 0 Å². The SMILES string of the molecule is CN=C(NCCc1csc(C)n1)NCC1(c2ccc(OC)cc2)CCOCC1. The number of hydrogen-bond donors (Lipinski definition) is 2. The molecule has 1 aromatic carbocycles. The molecule has 0 bridgehead atoms. The molecule has 1 aliphatic heterocycles. The number of aromatic nitrogens is 1. The molecule has 7 heteroatoms. The van der Waals surface area contributed by atoms with Gasteiger partial charge in [0, 0.05) is 50.6 Å². The van der Waals surface area contributed by atoms with Gasteiger partial charge in [0.15, 0.2) is 5.96 Å². The molecular weight excluding hydrogens is 372 g/mol. The summed E-state index contributed by atoms with van der Waals surface area (Å²) in [6.45, 7) is 5.22. The molecule has 0 saturated carbocycles. The van der Waals surface area contributed by atoms with E-state index in [1.54, 1.807) is 18.4 Å². The standard InChI is InChI=1S/C21H30N4O2S/c1-16-25-18(14-28-16)8-11-23-20(22-2)24-15-21(9-12-27-13-10-21)17-4-6-19(26-3)7-5-17/h4-7,14H,8-13,15H2,1-3H3,(H2,22,23,24). The minimum absolute atomic E-state index is 0.0359. The summed E-state index contributed by atoms with van der Waals surface area (Å²) in [5.74, 6) is 1.71. The van der Waals surface area contributed by atoms with Crippen LogP contribution in [0.1, 0.15) is 29.1 Å². The first-order valence-electron chi connectivity index (χ1n) is 9.73. The number of benzene rings is 1. The minimum Gasteiger partial charge on any atom is -0.497 e. The lowest BCUT2D eigenvalue weighted by Gasteiger charge is -2.38. The third-order valence-electron chi connectivity index (χ3n) is 5.31. The van der Waals surface area contributed by atoms with Gasteiger partial charge >= 0.3 is 0 Å². The topological polar surface area (TPSA) is 67.8 Å². The van der Waals surface area contributed by atoms with E-state index < -0.39 is 0 Å². The van der Waals surface area contributed by atoms with Crippen LogP contribution in [-0.2, 0) is 16.6 Å². The first-order chi connectivity index (χ1) is 13.6. The van der Waals surface area contributed by atoms with Gasteiger partial charge in [-0.05, 0) is 37.5 Å². The van der Waals surface area contributed by atoms with Gasteiger partial charge in [0.25, 0.3) is 0 Å². The van der Waals surface area contributed by atoms with Crippen LogP contribution in [0.15, 0.2) is 34.6 Å². The molecule has 1 fully saturated rings. The molecule has 0 unspecified atom stereocenters. The number of rotatable bonds is 7. The fourth-order valence-corrected chi connectivity index (χ4v) is 4.23. The van der Waals surface area contributed by atoms with Gasteiger partial charge in [-0.3, -0.25) is 4.99 Å². The number of guanidine groups is 1. The molecule has 6 nitrogen and oxygen atoms in total. The highest BCUT2D eigenvalue weighted by molar-refractivity contribution is 7.09. The average Bonchev–Trinajstić information content (AvgIpc) is 3.16. The van der Waals surface area contributed by atoms with E-state index in [1.165, 1.54) is 5.56 Å². The van der Waals surface area contributed by atoms with Crippen LogP contribution in [0.3, 0.4) is 0 Å². The zero-order chi connectivity index (χ0) is 19.8. The van der Waals surface area contributed by atoms with E-state index in [9.17, 15) is 0 Å². The molecule has 2 N–H and O–H groups in total. The normalized spacial score (nSPS) is 16.6. The van der Waals surface area contributed by atoms with E-state index >= 15 is 0 Å². The van der Waals surface area contributed by atoms with E-state index in [1.807, 2.05) is 26.1 Å². The van der Waals surface area contributed by atoms with Crippen molar-refractivity contribution in [1.82, 2.24) is 15.6 Å². The van der Waals surface area contributed by atoms with E-state index in [-0.39, 0.29) is 5.41 Å². The zero-order valence-electron chi connectivity index (χ0n) is 17.0. The molecule has 3 rings (SSSR count). The molecule has 152 valence electrons. The van der Waals surface area contributed by atoms with Gasteiger partial charge in [-0.15, -0.1) is 11.3 Å². The number of hydrogen-bond acceptors (Lipinski definition) is 5. The van der Waals surface area contributed by atoms with Gasteiger partial charge in [-0.2, -0.15) is 0 Å². The molecule has 1 saturated heterocycles. The summed E-state index contributed by atoms with van der Waals surface area (Å²) in [4.78, 5) is 8.90. The van der Waals surface area contributed by atoms with Crippen molar-refractivity contribution in [3.63, 3.8) is 0 Å². The van der Waals surface area contributed by atoms with Gasteiger partial charge in [0.1, 0.15) is 5.75 Å². The number of nitrogens with zero attached hydrogens (tertiary/aromatic N) is 2. The van der Waals surface area contributed by atoms with Gasteiger partial charge < -0.3 is 20.1 Å². The van der Waals surface area contributed by atoms with Crippen molar-refractivity contribution in [1.29, 1.82) is 0 Å². The Labute approximate surface area is 171 Å². The lowest BCUT2D eigenvalue weighted by atomic mass is 9.74. The molecule has 2 heterocycles. The van der Waals surface area contributed by atoms with Crippen molar-refractivity contribution < 1.29 is 9.47 Å². The summed E-state index contributed by atoms with van der Waals surface area (Å²) in [6.07, 6.45) is 2.87. The number of thiazole rings is 1. The summed E-state index contributed by atoms with van der Waals surface area (Å²) >= 11 is 1.69. The van der Waals surface area contributed by atoms with Crippen LogP contribution < -0.4 is 15.4 Å². The maximum atomic E-state index is 5.64. The highest BCUT2D eigenvalue weighted by Crippen LogP contribution is 2.35. The number of aryl methyl sites for hydroxylation is 1. The monoisotopic (exact) mass is 402 g/mol. The second-order valence-electron chi connectivity index (χ2n) is 7.08. The Bertz CT molecular complexity index is 767. The number of ether oxygens (including phenoxy) is 2. The van der Waals surface area contributed by atoms with Crippen molar-refractivity contribution >= 4 is 17.3 Å². The number of methoxy groups -OCH3 is 1. The average molecular weight is 403 g/mol. The van der Waals surface area contributed by atoms with E-state index in [4.69, 9.17) is 9.47 Å². The van der Waals surface area contributed by atoms with Crippen LogP contribution in [0.2, 0.25) is 0 Å². The Morgan fingerprint density at radius 2 is 2.00 bits per heavy atom. The maximum Gasteiger partial charge on any atom is 0.191 e. The van der Waals surface area contributed by atoms with Crippen LogP contribution in [0.5, 0.6) is 5.75 Å². The Morgan fingerprint density at radius 1 is 1.25 bits per heavy atom. The molecule has 0 amide bonds. The smallest absolute Gasteiger partial charge is 0.191 e. The molecule has 0 radical (unpaired) electrons. The third kappa shape index (κ3) is 5.23. The lowest BCUT2D eigenvalue weighted by Crippen LogP contribution is -2.48. The molecule has 1 aromatic heterocycles. The third-order valence-corrected chi connectivity index (χ3v) is 6.13. The summed E-state index contributed by atoms with van der Waals surface area (Å²) < 4.78 is 10.9. The first kappa shape index (κ1) is 20.6. The van der Waals surface area contributed by atoms with E-state index in [0.717, 1.165) is 68.0 Å². The molecule has 0 aliphatic carbocycles. The predicted molar refractivity (Wildman–Crippen MR) is 115 cm³/mol. The molecule has 1 aliphatic rings. The molecular formula is C21H30N4O2S. The van der Waals surface area contributed by atoms with Gasteiger partial charge in [-0.25, -0.2) is 4.98 Å². The van der Waals surface area contributed by atoms with Crippen molar-refractivity contribution in [2.24, 2.45) is 4.99 Å². The highest BCUT2D eigenvalue weighted by atomic mass is 32.1. The Hall–Kier alpha value is -2.12. The van der Waals surface area contributed by atoms with Gasteiger partial charge in [-0.1, -0.05) is 12.1 Å². The van der Waals surface area contributed by atoms with E-state index in [0.29, 0.717) is 0 Å². The largest absolute Gasteiger partial charge is 0.497 e. The fourth-order valence-electron chi connectivity index (χ4n) is 3.58. The summed E-state index contributed by atoms with van der Waals surface area (Å²) in [7, 11) is 3.51. The van der Waals surface area contributed by atoms with Crippen LogP contribution >= 0.6 is 11.3 Å². The Morgan fingerprint density at radius 3 is 2.61 bits per heavy atom. The first-order valence-corrected chi connectivity index (χ1v) is 10.6. The molecule has 28 heavy (non-hydrogen) atoms. The quantitative estimate of drug-likeness (QED) is 0.551. The molecule has 0 spiro atoms. The summed E-state index contributed by atoms with van der Waals surface area (Å²) in [5.41, 5.74) is 2.48. The second-order valence-corrected chi connectivity index (χ2v) is 8.14. The Kier molecular flexibility index (Phi) is 7.28.